The molecule has 0 fully saturated rings. The molecule has 2 aromatic rings. The minimum Gasteiger partial charge on any atom is -0.494 e. The summed E-state index contributed by atoms with van der Waals surface area (Å²) in [6.45, 7) is 1.89. The van der Waals surface area contributed by atoms with Crippen LogP contribution >= 0.6 is 12.2 Å². The summed E-state index contributed by atoms with van der Waals surface area (Å²) < 4.78 is 23.7. The summed E-state index contributed by atoms with van der Waals surface area (Å²) in [4.78, 5) is 29.6. The maximum Gasteiger partial charge on any atom is 0.328 e. The molecule has 1 aromatic heterocycles. The molecule has 150 valence electrons. The van der Waals surface area contributed by atoms with Gasteiger partial charge in [-0.2, -0.15) is 0 Å². The van der Waals surface area contributed by atoms with E-state index >= 15 is 0 Å². The van der Waals surface area contributed by atoms with Gasteiger partial charge in [0.15, 0.2) is 4.77 Å². The average molecular weight is 425 g/mol. The van der Waals surface area contributed by atoms with Gasteiger partial charge in [-0.25, -0.2) is 13.2 Å². The van der Waals surface area contributed by atoms with Crippen molar-refractivity contribution in [3.05, 3.63) is 50.5 Å². The van der Waals surface area contributed by atoms with E-state index < -0.39 is 33.3 Å². The summed E-state index contributed by atoms with van der Waals surface area (Å²) in [7, 11) is -3.38. The van der Waals surface area contributed by atoms with Gasteiger partial charge < -0.3 is 10.2 Å². The Morgan fingerprint density at radius 3 is 2.50 bits per heavy atom. The standard InChI is InChI=1S/C17H19N3O6S2/c1-10-3-5-11(6-4-10)20-15(22)12(14(21)19-17(20)27)9-18-13(16(23)24)7-8-28(2,25)26/h3-6,9,13,22H,7-8H2,1-2H3,(H,23,24)(H,19,21,27)/t13-/m1/s1. The van der Waals surface area contributed by atoms with Gasteiger partial charge in [-0.05, 0) is 37.7 Å². The van der Waals surface area contributed by atoms with Crippen LogP contribution in [0.15, 0.2) is 34.1 Å². The maximum absolute atomic E-state index is 12.2. The molecule has 0 aliphatic rings. The number of carboxylic acid groups (broad SMARTS) is 1. The molecule has 1 atom stereocenters. The number of aliphatic carboxylic acids is 1. The molecule has 1 aromatic carbocycles. The monoisotopic (exact) mass is 425 g/mol. The van der Waals surface area contributed by atoms with Crippen molar-refractivity contribution in [1.29, 1.82) is 0 Å². The number of benzene rings is 1. The van der Waals surface area contributed by atoms with E-state index in [9.17, 15) is 28.2 Å². The summed E-state index contributed by atoms with van der Waals surface area (Å²) in [5.74, 6) is -2.23. The highest BCUT2D eigenvalue weighted by atomic mass is 32.2. The molecule has 2 rings (SSSR count). The van der Waals surface area contributed by atoms with Crippen LogP contribution in [-0.4, -0.2) is 58.4 Å². The topological polar surface area (TPSA) is 142 Å². The zero-order chi connectivity index (χ0) is 21.1. The molecule has 1 heterocycles. The predicted molar refractivity (Wildman–Crippen MR) is 107 cm³/mol. The number of nitrogens with one attached hydrogen (secondary N) is 1. The number of aromatic amines is 1. The Bertz CT molecular complexity index is 1130. The molecule has 11 heteroatoms. The van der Waals surface area contributed by atoms with Crippen LogP contribution in [0.4, 0.5) is 0 Å². The minimum absolute atomic E-state index is 0.0460. The number of rotatable bonds is 7. The lowest BCUT2D eigenvalue weighted by molar-refractivity contribution is -0.138. The third kappa shape index (κ3) is 5.36. The number of hydrogen-bond donors (Lipinski definition) is 3. The minimum atomic E-state index is -3.38. The van der Waals surface area contributed by atoms with Crippen LogP contribution in [0.1, 0.15) is 17.5 Å². The van der Waals surface area contributed by atoms with Crippen LogP contribution in [0, 0.1) is 11.7 Å². The lowest BCUT2D eigenvalue weighted by atomic mass is 10.2. The number of aliphatic imine (C=N–C) groups is 1. The van der Waals surface area contributed by atoms with E-state index in [1.54, 1.807) is 24.3 Å². The molecule has 0 unspecified atom stereocenters. The molecule has 0 radical (unpaired) electrons. The van der Waals surface area contributed by atoms with Crippen molar-refractivity contribution in [1.82, 2.24) is 9.55 Å². The fraction of sp³-hybridized carbons (Fsp3) is 0.294. The first-order valence-electron chi connectivity index (χ1n) is 8.08. The van der Waals surface area contributed by atoms with Gasteiger partial charge in [-0.15, -0.1) is 0 Å². The van der Waals surface area contributed by atoms with E-state index in [1.165, 1.54) is 4.57 Å². The highest BCUT2D eigenvalue weighted by molar-refractivity contribution is 7.90. The number of carboxylic acids is 1. The Morgan fingerprint density at radius 2 is 1.96 bits per heavy atom. The number of nitrogens with zero attached hydrogens (tertiary/aromatic N) is 2. The molecular formula is C17H19N3O6S2. The second-order valence-electron chi connectivity index (χ2n) is 6.22. The van der Waals surface area contributed by atoms with Crippen LogP contribution in [0.25, 0.3) is 5.69 Å². The smallest absolute Gasteiger partial charge is 0.328 e. The summed E-state index contributed by atoms with van der Waals surface area (Å²) >= 11 is 5.10. The first-order valence-corrected chi connectivity index (χ1v) is 10.6. The number of H-pyrrole nitrogens is 1. The van der Waals surface area contributed by atoms with Gasteiger partial charge in [0.25, 0.3) is 5.56 Å². The summed E-state index contributed by atoms with van der Waals surface area (Å²) in [6, 6.07) is 5.58. The maximum atomic E-state index is 12.2. The van der Waals surface area contributed by atoms with Crippen LogP contribution in [0.5, 0.6) is 5.88 Å². The molecule has 0 amide bonds. The summed E-state index contributed by atoms with van der Waals surface area (Å²) in [6.07, 6.45) is 1.63. The number of carbonyl (C=O) groups is 1. The lowest BCUT2D eigenvalue weighted by Crippen LogP contribution is -2.23. The second kappa shape index (κ2) is 8.48. The highest BCUT2D eigenvalue weighted by Gasteiger charge is 2.19. The lowest BCUT2D eigenvalue weighted by Gasteiger charge is -2.12. The fourth-order valence-corrected chi connectivity index (χ4v) is 3.28. The normalized spacial score (nSPS) is 12.9. The third-order valence-electron chi connectivity index (χ3n) is 3.84. The molecular weight excluding hydrogens is 406 g/mol. The van der Waals surface area contributed by atoms with E-state index in [0.29, 0.717) is 5.69 Å². The van der Waals surface area contributed by atoms with Gasteiger partial charge in [0.1, 0.15) is 21.4 Å². The first kappa shape index (κ1) is 21.5. The van der Waals surface area contributed by atoms with Crippen LogP contribution in [0.3, 0.4) is 0 Å². The fourth-order valence-electron chi connectivity index (χ4n) is 2.34. The summed E-state index contributed by atoms with van der Waals surface area (Å²) in [5, 5.41) is 19.7. The highest BCUT2D eigenvalue weighted by Crippen LogP contribution is 2.19. The second-order valence-corrected chi connectivity index (χ2v) is 8.86. The average Bonchev–Trinajstić information content (AvgIpc) is 2.57. The van der Waals surface area contributed by atoms with Crippen molar-refractivity contribution < 1.29 is 23.4 Å². The van der Waals surface area contributed by atoms with Crippen molar-refractivity contribution in [2.45, 2.75) is 19.4 Å². The molecule has 0 aliphatic carbocycles. The zero-order valence-electron chi connectivity index (χ0n) is 15.1. The van der Waals surface area contributed by atoms with Gasteiger partial charge >= 0.3 is 5.97 Å². The van der Waals surface area contributed by atoms with Gasteiger partial charge in [-0.1, -0.05) is 17.7 Å². The van der Waals surface area contributed by atoms with Crippen LogP contribution in [-0.2, 0) is 14.6 Å². The Labute approximate surface area is 165 Å². The summed E-state index contributed by atoms with van der Waals surface area (Å²) in [5.41, 5.74) is 0.434. The third-order valence-corrected chi connectivity index (χ3v) is 5.11. The van der Waals surface area contributed by atoms with Gasteiger partial charge in [0.2, 0.25) is 5.88 Å². The van der Waals surface area contributed by atoms with E-state index in [4.69, 9.17) is 12.2 Å². The van der Waals surface area contributed by atoms with E-state index in [1.807, 2.05) is 6.92 Å². The number of aryl methyl sites for hydroxylation is 1. The van der Waals surface area contributed by atoms with Crippen molar-refractivity contribution in [3.8, 4) is 11.6 Å². The SMILES string of the molecule is Cc1ccc(-n2c(O)c(C=N[C@H](CCS(C)(=O)=O)C(=O)O)c(=O)[nH]c2=S)cc1. The van der Waals surface area contributed by atoms with E-state index in [2.05, 4.69) is 9.98 Å². The van der Waals surface area contributed by atoms with Gasteiger partial charge in [0, 0.05) is 12.5 Å². The molecule has 9 nitrogen and oxygen atoms in total. The molecule has 0 aliphatic heterocycles. The Morgan fingerprint density at radius 1 is 1.36 bits per heavy atom. The Kier molecular flexibility index (Phi) is 6.52. The van der Waals surface area contributed by atoms with Crippen molar-refractivity contribution in [3.63, 3.8) is 0 Å². The molecule has 0 bridgehead atoms. The van der Waals surface area contributed by atoms with Gasteiger partial charge in [0.05, 0.1) is 11.4 Å². The molecule has 0 saturated carbocycles. The zero-order valence-corrected chi connectivity index (χ0v) is 16.7. The van der Waals surface area contributed by atoms with Crippen LogP contribution < -0.4 is 5.56 Å². The largest absolute Gasteiger partial charge is 0.494 e. The Balaban J connectivity index is 2.47. The quantitative estimate of drug-likeness (QED) is 0.447. The molecule has 28 heavy (non-hydrogen) atoms. The number of sulfone groups is 1. The number of aromatic hydroxyl groups is 1. The van der Waals surface area contributed by atoms with Gasteiger partial charge in [-0.3, -0.25) is 19.3 Å². The van der Waals surface area contributed by atoms with Crippen LogP contribution in [0.2, 0.25) is 0 Å². The number of aromatic nitrogens is 2. The molecule has 0 saturated heterocycles. The van der Waals surface area contributed by atoms with Crippen molar-refractivity contribution in [2.24, 2.45) is 4.99 Å². The Hall–Kier alpha value is -2.79. The molecule has 3 N–H and O–H groups in total. The number of hydrogen-bond acceptors (Lipinski definition) is 7. The predicted octanol–water partition coefficient (Wildman–Crippen LogP) is 1.22. The van der Waals surface area contributed by atoms with E-state index in [0.717, 1.165) is 18.0 Å². The van der Waals surface area contributed by atoms with E-state index in [-0.39, 0.29) is 22.5 Å². The molecule has 0 spiro atoms. The first-order chi connectivity index (χ1) is 13.0. The van der Waals surface area contributed by atoms with Crippen molar-refractivity contribution in [2.75, 3.05) is 12.0 Å². The van der Waals surface area contributed by atoms with Crippen molar-refractivity contribution >= 4 is 34.2 Å².